The molecule has 0 amide bonds. The fourth-order valence-electron chi connectivity index (χ4n) is 3.41. The zero-order valence-electron chi connectivity index (χ0n) is 13.0. The molecule has 1 N–H and O–H groups in total. The molecule has 2 aromatic carbocycles. The summed E-state index contributed by atoms with van der Waals surface area (Å²) < 4.78 is 7.56. The number of fused-ring (bicyclic) bond motifs is 1. The first-order chi connectivity index (χ1) is 11.3. The number of rotatable bonds is 3. The van der Waals surface area contributed by atoms with Crippen molar-refractivity contribution in [1.29, 1.82) is 0 Å². The first-order valence-electron chi connectivity index (χ1n) is 8.29. The third-order valence-electron chi connectivity index (χ3n) is 4.61. The third-order valence-corrected chi connectivity index (χ3v) is 5.92. The topological polar surface area (TPSA) is 29.5 Å². The standard InChI is InChI=1S/C20H20O2S/c21-15-10-12-16(13-11-15)22-19-17-8-4-5-9-18(17)23-20(19)14-6-2-1-3-7-14/h4-5,8-14,21H,1-3,6-7H2. The van der Waals surface area contributed by atoms with E-state index in [1.54, 1.807) is 12.1 Å². The Kier molecular flexibility index (Phi) is 3.96. The van der Waals surface area contributed by atoms with Gasteiger partial charge in [0.2, 0.25) is 0 Å². The Morgan fingerprint density at radius 3 is 2.43 bits per heavy atom. The number of thiophene rings is 1. The highest BCUT2D eigenvalue weighted by Crippen LogP contribution is 2.47. The summed E-state index contributed by atoms with van der Waals surface area (Å²) in [5.74, 6) is 2.68. The fourth-order valence-corrected chi connectivity index (χ4v) is 4.71. The Bertz CT molecular complexity index is 798. The van der Waals surface area contributed by atoms with Gasteiger partial charge in [-0.1, -0.05) is 31.4 Å². The van der Waals surface area contributed by atoms with Crippen molar-refractivity contribution in [2.45, 2.75) is 38.0 Å². The molecule has 0 spiro atoms. The molecular weight excluding hydrogens is 304 g/mol. The summed E-state index contributed by atoms with van der Waals surface area (Å²) in [5.41, 5.74) is 0. The van der Waals surface area contributed by atoms with Gasteiger partial charge in [0.05, 0.1) is 4.88 Å². The van der Waals surface area contributed by atoms with Crippen LogP contribution in [0.25, 0.3) is 10.1 Å². The van der Waals surface area contributed by atoms with Gasteiger partial charge in [0.1, 0.15) is 17.2 Å². The Hall–Kier alpha value is -2.00. The Morgan fingerprint density at radius 2 is 1.65 bits per heavy atom. The SMILES string of the molecule is Oc1ccc(Oc2c(C3CCCCC3)sc3ccccc23)cc1. The van der Waals surface area contributed by atoms with E-state index >= 15 is 0 Å². The maximum Gasteiger partial charge on any atom is 0.149 e. The van der Waals surface area contributed by atoms with Gasteiger partial charge in [-0.05, 0) is 55.2 Å². The largest absolute Gasteiger partial charge is 0.508 e. The first-order valence-corrected chi connectivity index (χ1v) is 9.11. The summed E-state index contributed by atoms with van der Waals surface area (Å²) in [6, 6.07) is 15.5. The molecule has 0 bridgehead atoms. The monoisotopic (exact) mass is 324 g/mol. The Labute approximate surface area is 140 Å². The molecule has 1 heterocycles. The molecule has 0 atom stereocenters. The lowest BCUT2D eigenvalue weighted by atomic mass is 9.88. The zero-order valence-corrected chi connectivity index (χ0v) is 13.8. The van der Waals surface area contributed by atoms with Gasteiger partial charge in [-0.2, -0.15) is 0 Å². The second-order valence-electron chi connectivity index (χ2n) is 6.22. The number of hydrogen-bond donors (Lipinski definition) is 1. The second kappa shape index (κ2) is 6.25. The molecular formula is C20H20O2S. The van der Waals surface area contributed by atoms with Crippen molar-refractivity contribution in [1.82, 2.24) is 0 Å². The normalized spacial score (nSPS) is 15.8. The van der Waals surface area contributed by atoms with Crippen LogP contribution in [0.5, 0.6) is 17.2 Å². The summed E-state index contributed by atoms with van der Waals surface area (Å²) >= 11 is 1.88. The van der Waals surface area contributed by atoms with Crippen LogP contribution in [0.4, 0.5) is 0 Å². The quantitative estimate of drug-likeness (QED) is 0.600. The third kappa shape index (κ3) is 2.93. The van der Waals surface area contributed by atoms with Crippen LogP contribution in [0.1, 0.15) is 42.9 Å². The summed E-state index contributed by atoms with van der Waals surface area (Å²) in [6.07, 6.45) is 6.52. The van der Waals surface area contributed by atoms with Gasteiger partial charge in [0.25, 0.3) is 0 Å². The van der Waals surface area contributed by atoms with Crippen LogP contribution in [0.15, 0.2) is 48.5 Å². The number of benzene rings is 2. The second-order valence-corrected chi connectivity index (χ2v) is 7.31. The van der Waals surface area contributed by atoms with Gasteiger partial charge in [-0.3, -0.25) is 0 Å². The lowest BCUT2D eigenvalue weighted by molar-refractivity contribution is 0.426. The van der Waals surface area contributed by atoms with Crippen molar-refractivity contribution in [3.63, 3.8) is 0 Å². The molecule has 4 rings (SSSR count). The van der Waals surface area contributed by atoms with E-state index in [1.807, 2.05) is 23.5 Å². The van der Waals surface area contributed by atoms with Gasteiger partial charge in [-0.15, -0.1) is 11.3 Å². The van der Waals surface area contributed by atoms with Crippen molar-refractivity contribution in [2.75, 3.05) is 0 Å². The van der Waals surface area contributed by atoms with Crippen molar-refractivity contribution < 1.29 is 9.84 Å². The fraction of sp³-hybridized carbons (Fsp3) is 0.300. The molecule has 0 radical (unpaired) electrons. The maximum atomic E-state index is 9.46. The highest BCUT2D eigenvalue weighted by molar-refractivity contribution is 7.19. The van der Waals surface area contributed by atoms with Gasteiger partial charge < -0.3 is 9.84 Å². The molecule has 1 fully saturated rings. The van der Waals surface area contributed by atoms with Gasteiger partial charge in [0.15, 0.2) is 0 Å². The van der Waals surface area contributed by atoms with Crippen LogP contribution < -0.4 is 4.74 Å². The van der Waals surface area contributed by atoms with Crippen molar-refractivity contribution >= 4 is 21.4 Å². The summed E-state index contributed by atoms with van der Waals surface area (Å²) in [7, 11) is 0. The van der Waals surface area contributed by atoms with Crippen molar-refractivity contribution in [3.8, 4) is 17.2 Å². The average molecular weight is 324 g/mol. The van der Waals surface area contributed by atoms with Gasteiger partial charge in [-0.25, -0.2) is 0 Å². The molecule has 1 aliphatic rings. The first kappa shape index (κ1) is 14.6. The van der Waals surface area contributed by atoms with Crippen molar-refractivity contribution in [3.05, 3.63) is 53.4 Å². The molecule has 0 aliphatic heterocycles. The van der Waals surface area contributed by atoms with E-state index in [1.165, 1.54) is 47.1 Å². The van der Waals surface area contributed by atoms with Crippen LogP contribution in [0, 0.1) is 0 Å². The van der Waals surface area contributed by atoms with Crippen LogP contribution >= 0.6 is 11.3 Å². The highest BCUT2D eigenvalue weighted by Gasteiger charge is 2.24. The predicted octanol–water partition coefficient (Wildman–Crippen LogP) is 6.45. The molecule has 3 heteroatoms. The molecule has 0 saturated heterocycles. The molecule has 1 aromatic heterocycles. The van der Waals surface area contributed by atoms with Gasteiger partial charge >= 0.3 is 0 Å². The average Bonchev–Trinajstić information content (AvgIpc) is 2.96. The Morgan fingerprint density at radius 1 is 0.913 bits per heavy atom. The summed E-state index contributed by atoms with van der Waals surface area (Å²) in [6.45, 7) is 0. The number of phenolic OH excluding ortho intramolecular Hbond substituents is 1. The lowest BCUT2D eigenvalue weighted by Crippen LogP contribution is -2.03. The molecule has 118 valence electrons. The molecule has 3 aromatic rings. The van der Waals surface area contributed by atoms with Crippen LogP contribution in [-0.4, -0.2) is 5.11 Å². The van der Waals surface area contributed by atoms with E-state index in [-0.39, 0.29) is 5.75 Å². The maximum absolute atomic E-state index is 9.46. The van der Waals surface area contributed by atoms with E-state index in [4.69, 9.17) is 4.74 Å². The number of hydrogen-bond acceptors (Lipinski definition) is 3. The molecule has 23 heavy (non-hydrogen) atoms. The molecule has 0 unspecified atom stereocenters. The number of phenols is 1. The summed E-state index contributed by atoms with van der Waals surface area (Å²) in [5, 5.41) is 10.7. The van der Waals surface area contributed by atoms with Crippen molar-refractivity contribution in [2.24, 2.45) is 0 Å². The number of ether oxygens (including phenoxy) is 1. The zero-order chi connectivity index (χ0) is 15.6. The van der Waals surface area contributed by atoms with E-state index in [2.05, 4.69) is 24.3 Å². The molecule has 1 saturated carbocycles. The van der Waals surface area contributed by atoms with Gasteiger partial charge in [0, 0.05) is 10.1 Å². The number of aromatic hydroxyl groups is 1. The van der Waals surface area contributed by atoms with E-state index in [0.29, 0.717) is 5.92 Å². The Balaban J connectivity index is 1.77. The van der Waals surface area contributed by atoms with E-state index in [9.17, 15) is 5.11 Å². The minimum atomic E-state index is 0.264. The predicted molar refractivity (Wildman–Crippen MR) is 95.8 cm³/mol. The van der Waals surface area contributed by atoms with Crippen LogP contribution in [0.2, 0.25) is 0 Å². The van der Waals surface area contributed by atoms with E-state index < -0.39 is 0 Å². The highest BCUT2D eigenvalue weighted by atomic mass is 32.1. The van der Waals surface area contributed by atoms with Crippen LogP contribution in [-0.2, 0) is 0 Å². The minimum Gasteiger partial charge on any atom is -0.508 e. The van der Waals surface area contributed by atoms with E-state index in [0.717, 1.165) is 11.5 Å². The van der Waals surface area contributed by atoms with Crippen LogP contribution in [0.3, 0.4) is 0 Å². The lowest BCUT2D eigenvalue weighted by Gasteiger charge is -2.21. The molecule has 1 aliphatic carbocycles. The minimum absolute atomic E-state index is 0.264. The smallest absolute Gasteiger partial charge is 0.149 e. The molecule has 2 nitrogen and oxygen atoms in total. The summed E-state index contributed by atoms with van der Waals surface area (Å²) in [4.78, 5) is 1.39.